The molecule has 0 radical (unpaired) electrons. The second-order valence-corrected chi connectivity index (χ2v) is 4.59. The van der Waals surface area contributed by atoms with Gasteiger partial charge in [-0.25, -0.2) is 4.98 Å². The lowest BCUT2D eigenvalue weighted by Crippen LogP contribution is -2.51. The van der Waals surface area contributed by atoms with Crippen LogP contribution in [0, 0.1) is 0 Å². The molecule has 19 heavy (non-hydrogen) atoms. The Morgan fingerprint density at radius 1 is 1.21 bits per heavy atom. The largest absolute Gasteiger partial charge is 0.493 e. The smallest absolute Gasteiger partial charge is 0.161 e. The summed E-state index contributed by atoms with van der Waals surface area (Å²) in [6.07, 6.45) is 1.81. The van der Waals surface area contributed by atoms with Crippen LogP contribution in [-0.4, -0.2) is 38.3 Å². The second-order valence-electron chi connectivity index (χ2n) is 4.59. The number of fused-ring (bicyclic) bond motifs is 1. The number of hydrogen-bond donors (Lipinski definition) is 2. The zero-order valence-corrected chi connectivity index (χ0v) is 11.1. The number of pyridine rings is 1. The molecule has 0 bridgehead atoms. The third-order valence-corrected chi connectivity index (χ3v) is 3.39. The molecule has 5 heteroatoms. The van der Waals surface area contributed by atoms with Crippen molar-refractivity contribution in [1.29, 1.82) is 0 Å². The maximum Gasteiger partial charge on any atom is 0.161 e. The summed E-state index contributed by atoms with van der Waals surface area (Å²) in [7, 11) is 3.28. The highest BCUT2D eigenvalue weighted by Crippen LogP contribution is 2.34. The first kappa shape index (κ1) is 12.0. The molecule has 1 aromatic carbocycles. The number of ether oxygens (including phenoxy) is 2. The van der Waals surface area contributed by atoms with Gasteiger partial charge in [-0.15, -0.1) is 0 Å². The van der Waals surface area contributed by atoms with E-state index in [1.54, 1.807) is 14.2 Å². The lowest BCUT2D eigenvalue weighted by Gasteiger charge is -2.28. The van der Waals surface area contributed by atoms with E-state index in [9.17, 15) is 0 Å². The fraction of sp³-hybridized carbons (Fsp3) is 0.357. The average Bonchev–Trinajstić information content (AvgIpc) is 2.41. The molecule has 0 saturated carbocycles. The fourth-order valence-electron chi connectivity index (χ4n) is 2.20. The summed E-state index contributed by atoms with van der Waals surface area (Å²) < 4.78 is 10.7. The molecule has 0 atom stereocenters. The molecule has 0 amide bonds. The maximum atomic E-state index is 5.35. The quantitative estimate of drug-likeness (QED) is 0.874. The van der Waals surface area contributed by atoms with E-state index in [0.29, 0.717) is 6.04 Å². The predicted molar refractivity (Wildman–Crippen MR) is 75.1 cm³/mol. The molecule has 2 N–H and O–H groups in total. The van der Waals surface area contributed by atoms with Gasteiger partial charge in [0.2, 0.25) is 0 Å². The molecule has 0 unspecified atom stereocenters. The average molecular weight is 259 g/mol. The van der Waals surface area contributed by atoms with E-state index >= 15 is 0 Å². The Morgan fingerprint density at radius 3 is 2.58 bits per heavy atom. The van der Waals surface area contributed by atoms with Crippen molar-refractivity contribution in [2.75, 3.05) is 32.6 Å². The summed E-state index contributed by atoms with van der Waals surface area (Å²) in [6, 6.07) is 6.36. The summed E-state index contributed by atoms with van der Waals surface area (Å²) in [6.45, 7) is 1.96. The van der Waals surface area contributed by atoms with E-state index in [1.165, 1.54) is 0 Å². The molecule has 0 aliphatic carbocycles. The number of benzene rings is 1. The van der Waals surface area contributed by atoms with Gasteiger partial charge in [0.05, 0.1) is 20.3 Å². The van der Waals surface area contributed by atoms with E-state index in [2.05, 4.69) is 15.6 Å². The van der Waals surface area contributed by atoms with E-state index in [4.69, 9.17) is 9.47 Å². The first-order valence-electron chi connectivity index (χ1n) is 6.30. The van der Waals surface area contributed by atoms with Crippen LogP contribution in [0.4, 0.5) is 5.82 Å². The molecule has 2 heterocycles. The first-order chi connectivity index (χ1) is 9.31. The number of nitrogens with one attached hydrogen (secondary N) is 2. The Bertz CT molecular complexity index is 597. The lowest BCUT2D eigenvalue weighted by atomic mass is 10.1. The van der Waals surface area contributed by atoms with Crippen molar-refractivity contribution in [3.63, 3.8) is 0 Å². The Kier molecular flexibility index (Phi) is 3.13. The highest BCUT2D eigenvalue weighted by atomic mass is 16.5. The molecule has 100 valence electrons. The molecule has 0 spiro atoms. The summed E-state index contributed by atoms with van der Waals surface area (Å²) >= 11 is 0. The van der Waals surface area contributed by atoms with Gasteiger partial charge in [-0.2, -0.15) is 0 Å². The number of rotatable bonds is 4. The van der Waals surface area contributed by atoms with Gasteiger partial charge < -0.3 is 20.1 Å². The number of methoxy groups -OCH3 is 2. The molecule has 1 saturated heterocycles. The van der Waals surface area contributed by atoms with Crippen LogP contribution in [0.2, 0.25) is 0 Å². The topological polar surface area (TPSA) is 55.4 Å². The lowest BCUT2D eigenvalue weighted by molar-refractivity contribution is 0.356. The fourth-order valence-corrected chi connectivity index (χ4v) is 2.20. The van der Waals surface area contributed by atoms with E-state index in [0.717, 1.165) is 41.2 Å². The van der Waals surface area contributed by atoms with Gasteiger partial charge in [-0.3, -0.25) is 0 Å². The van der Waals surface area contributed by atoms with Gasteiger partial charge in [0, 0.05) is 24.7 Å². The molecular weight excluding hydrogens is 242 g/mol. The Hall–Kier alpha value is -2.01. The normalized spacial score (nSPS) is 15.1. The standard InChI is InChI=1S/C14H17N3O2/c1-18-12-5-9-3-4-16-14(17-10-7-15-8-10)11(9)6-13(12)19-2/h3-6,10,15H,7-8H2,1-2H3,(H,16,17). The van der Waals surface area contributed by atoms with Crippen LogP contribution in [-0.2, 0) is 0 Å². The van der Waals surface area contributed by atoms with Crippen LogP contribution in [0.5, 0.6) is 11.5 Å². The third-order valence-electron chi connectivity index (χ3n) is 3.39. The summed E-state index contributed by atoms with van der Waals surface area (Å²) in [5.74, 6) is 2.35. The van der Waals surface area contributed by atoms with Gasteiger partial charge in [0.15, 0.2) is 11.5 Å². The molecule has 1 aromatic heterocycles. The molecule has 5 nitrogen and oxygen atoms in total. The Morgan fingerprint density at radius 2 is 1.95 bits per heavy atom. The number of anilines is 1. The highest BCUT2D eigenvalue weighted by molar-refractivity contribution is 5.94. The number of nitrogens with zero attached hydrogens (tertiary/aromatic N) is 1. The molecule has 1 aliphatic rings. The minimum absolute atomic E-state index is 0.450. The van der Waals surface area contributed by atoms with E-state index < -0.39 is 0 Å². The predicted octanol–water partition coefficient (Wildman–Crippen LogP) is 1.64. The zero-order chi connectivity index (χ0) is 13.2. The van der Waals surface area contributed by atoms with Crippen molar-refractivity contribution in [2.24, 2.45) is 0 Å². The third kappa shape index (κ3) is 2.17. The van der Waals surface area contributed by atoms with Crippen LogP contribution in [0.25, 0.3) is 10.8 Å². The zero-order valence-electron chi connectivity index (χ0n) is 11.1. The van der Waals surface area contributed by atoms with E-state index in [-0.39, 0.29) is 0 Å². The second kappa shape index (κ2) is 4.93. The number of aromatic nitrogens is 1. The van der Waals surface area contributed by atoms with Crippen LogP contribution < -0.4 is 20.1 Å². The van der Waals surface area contributed by atoms with Gasteiger partial charge >= 0.3 is 0 Å². The first-order valence-corrected chi connectivity index (χ1v) is 6.30. The van der Waals surface area contributed by atoms with Gasteiger partial charge in [0.25, 0.3) is 0 Å². The van der Waals surface area contributed by atoms with Gasteiger partial charge in [-0.1, -0.05) is 0 Å². The van der Waals surface area contributed by atoms with Crippen LogP contribution in [0.3, 0.4) is 0 Å². The highest BCUT2D eigenvalue weighted by Gasteiger charge is 2.18. The summed E-state index contributed by atoms with van der Waals surface area (Å²) in [5, 5.41) is 8.81. The maximum absolute atomic E-state index is 5.35. The van der Waals surface area contributed by atoms with Crippen molar-refractivity contribution in [1.82, 2.24) is 10.3 Å². The number of hydrogen-bond acceptors (Lipinski definition) is 5. The molecular formula is C14H17N3O2. The summed E-state index contributed by atoms with van der Waals surface area (Å²) in [4.78, 5) is 4.42. The minimum atomic E-state index is 0.450. The van der Waals surface area contributed by atoms with Crippen LogP contribution in [0.15, 0.2) is 24.4 Å². The van der Waals surface area contributed by atoms with Crippen molar-refractivity contribution in [3.05, 3.63) is 24.4 Å². The monoisotopic (exact) mass is 259 g/mol. The molecule has 1 fully saturated rings. The van der Waals surface area contributed by atoms with Crippen molar-refractivity contribution in [3.8, 4) is 11.5 Å². The Labute approximate surface area is 111 Å². The van der Waals surface area contributed by atoms with E-state index in [1.807, 2.05) is 24.4 Å². The molecule has 1 aliphatic heterocycles. The van der Waals surface area contributed by atoms with Crippen LogP contribution >= 0.6 is 0 Å². The summed E-state index contributed by atoms with van der Waals surface area (Å²) in [5.41, 5.74) is 0. The SMILES string of the molecule is COc1cc2ccnc(NC3CNC3)c2cc1OC. The van der Waals surface area contributed by atoms with Gasteiger partial charge in [0.1, 0.15) is 5.82 Å². The van der Waals surface area contributed by atoms with Crippen LogP contribution in [0.1, 0.15) is 0 Å². The van der Waals surface area contributed by atoms with Crippen molar-refractivity contribution in [2.45, 2.75) is 6.04 Å². The van der Waals surface area contributed by atoms with Crippen molar-refractivity contribution >= 4 is 16.6 Å². The van der Waals surface area contributed by atoms with Gasteiger partial charge in [-0.05, 0) is 23.6 Å². The molecule has 2 aromatic rings. The van der Waals surface area contributed by atoms with Crippen molar-refractivity contribution < 1.29 is 9.47 Å². The Balaban J connectivity index is 2.06. The minimum Gasteiger partial charge on any atom is -0.493 e. The molecule has 3 rings (SSSR count).